The molecular weight excluding hydrogens is 284 g/mol. The van der Waals surface area contributed by atoms with Gasteiger partial charge in [0, 0.05) is 6.20 Å². The van der Waals surface area contributed by atoms with E-state index in [1.54, 1.807) is 6.20 Å². The average Bonchev–Trinajstić information content (AvgIpc) is 2.89. The Labute approximate surface area is 130 Å². The van der Waals surface area contributed by atoms with Crippen molar-refractivity contribution in [3.05, 3.63) is 24.4 Å². The fraction of sp³-hybridized carbons (Fsp3) is 0.625. The SMILES string of the molecule is O=C(CSc1ccccn1)NC1COC2(CCCCC2)C1. The van der Waals surface area contributed by atoms with E-state index in [1.807, 2.05) is 18.2 Å². The Morgan fingerprint density at radius 2 is 2.24 bits per heavy atom. The van der Waals surface area contributed by atoms with Crippen LogP contribution in [0.1, 0.15) is 38.5 Å². The lowest BCUT2D eigenvalue weighted by molar-refractivity contribution is -0.119. The number of carbonyl (C=O) groups excluding carboxylic acids is 1. The number of carbonyl (C=O) groups is 1. The van der Waals surface area contributed by atoms with E-state index in [-0.39, 0.29) is 17.6 Å². The molecule has 0 aromatic carbocycles. The van der Waals surface area contributed by atoms with Gasteiger partial charge >= 0.3 is 0 Å². The molecule has 0 radical (unpaired) electrons. The summed E-state index contributed by atoms with van der Waals surface area (Å²) in [6, 6.07) is 5.92. The fourth-order valence-electron chi connectivity index (χ4n) is 3.32. The van der Waals surface area contributed by atoms with Crippen LogP contribution < -0.4 is 5.32 Å². The van der Waals surface area contributed by atoms with Crippen LogP contribution in [0.4, 0.5) is 0 Å². The van der Waals surface area contributed by atoms with Crippen LogP contribution in [0, 0.1) is 0 Å². The van der Waals surface area contributed by atoms with Crippen LogP contribution in [0.25, 0.3) is 0 Å². The largest absolute Gasteiger partial charge is 0.373 e. The van der Waals surface area contributed by atoms with Gasteiger partial charge in [0.15, 0.2) is 0 Å². The van der Waals surface area contributed by atoms with E-state index in [4.69, 9.17) is 4.74 Å². The fourth-order valence-corrected chi connectivity index (χ4v) is 4.00. The zero-order valence-corrected chi connectivity index (χ0v) is 13.0. The van der Waals surface area contributed by atoms with Crippen LogP contribution in [0.15, 0.2) is 29.4 Å². The Morgan fingerprint density at radius 3 is 3.00 bits per heavy atom. The number of rotatable bonds is 4. The Hall–Kier alpha value is -1.07. The maximum atomic E-state index is 12.0. The Kier molecular flexibility index (Phi) is 4.80. The lowest BCUT2D eigenvalue weighted by Gasteiger charge is -2.32. The summed E-state index contributed by atoms with van der Waals surface area (Å²) in [4.78, 5) is 16.2. The van der Waals surface area contributed by atoms with E-state index in [1.165, 1.54) is 31.0 Å². The molecule has 4 nitrogen and oxygen atoms in total. The normalized spacial score (nSPS) is 24.1. The number of nitrogens with zero attached hydrogens (tertiary/aromatic N) is 1. The number of nitrogens with one attached hydrogen (secondary N) is 1. The first-order chi connectivity index (χ1) is 10.3. The van der Waals surface area contributed by atoms with Gasteiger partial charge in [0.1, 0.15) is 0 Å². The number of thioether (sulfide) groups is 1. The summed E-state index contributed by atoms with van der Waals surface area (Å²) < 4.78 is 6.02. The maximum absolute atomic E-state index is 12.0. The smallest absolute Gasteiger partial charge is 0.230 e. The number of hydrogen-bond donors (Lipinski definition) is 1. The van der Waals surface area contributed by atoms with Crippen molar-refractivity contribution in [2.45, 2.75) is 55.2 Å². The lowest BCUT2D eigenvalue weighted by atomic mass is 9.82. The van der Waals surface area contributed by atoms with Gasteiger partial charge in [0.25, 0.3) is 0 Å². The Bertz CT molecular complexity index is 474. The third-order valence-electron chi connectivity index (χ3n) is 4.33. The molecule has 0 bridgehead atoms. The zero-order chi connectivity index (χ0) is 14.5. The minimum atomic E-state index is 0.0598. The van der Waals surface area contributed by atoms with Gasteiger partial charge in [-0.25, -0.2) is 4.98 Å². The number of amides is 1. The van der Waals surface area contributed by atoms with Gasteiger partial charge < -0.3 is 10.1 Å². The first-order valence-electron chi connectivity index (χ1n) is 7.73. The van der Waals surface area contributed by atoms with Crippen LogP contribution in [0.2, 0.25) is 0 Å². The van der Waals surface area contributed by atoms with E-state index in [0.717, 1.165) is 24.3 Å². The highest BCUT2D eigenvalue weighted by atomic mass is 32.2. The van der Waals surface area contributed by atoms with Gasteiger partial charge in [-0.05, 0) is 31.4 Å². The molecule has 2 fully saturated rings. The van der Waals surface area contributed by atoms with Crippen molar-refractivity contribution in [2.24, 2.45) is 0 Å². The topological polar surface area (TPSA) is 51.2 Å². The average molecular weight is 306 g/mol. The maximum Gasteiger partial charge on any atom is 0.230 e. The number of aromatic nitrogens is 1. The molecule has 1 atom stereocenters. The molecule has 2 heterocycles. The molecule has 1 N–H and O–H groups in total. The summed E-state index contributed by atoms with van der Waals surface area (Å²) in [6.07, 6.45) is 8.88. The summed E-state index contributed by atoms with van der Waals surface area (Å²) >= 11 is 1.48. The van der Waals surface area contributed by atoms with E-state index >= 15 is 0 Å². The van der Waals surface area contributed by atoms with Crippen molar-refractivity contribution in [3.63, 3.8) is 0 Å². The van der Waals surface area contributed by atoms with E-state index in [2.05, 4.69) is 10.3 Å². The van der Waals surface area contributed by atoms with E-state index < -0.39 is 0 Å². The molecule has 1 unspecified atom stereocenters. The molecule has 1 saturated heterocycles. The predicted molar refractivity (Wildman–Crippen MR) is 83.3 cm³/mol. The second-order valence-corrected chi connectivity index (χ2v) is 6.98. The summed E-state index contributed by atoms with van der Waals surface area (Å²) in [6.45, 7) is 0.667. The van der Waals surface area contributed by atoms with Crippen LogP contribution in [-0.4, -0.2) is 34.9 Å². The van der Waals surface area contributed by atoms with E-state index in [9.17, 15) is 4.79 Å². The molecule has 114 valence electrons. The molecule has 1 spiro atoms. The summed E-state index contributed by atoms with van der Waals surface area (Å²) in [5.74, 6) is 0.493. The van der Waals surface area contributed by atoms with E-state index in [0.29, 0.717) is 12.4 Å². The molecule has 1 aromatic heterocycles. The van der Waals surface area contributed by atoms with Crippen molar-refractivity contribution in [1.82, 2.24) is 10.3 Å². The molecule has 3 rings (SSSR count). The van der Waals surface area contributed by atoms with Gasteiger partial charge in [-0.1, -0.05) is 37.1 Å². The highest BCUT2D eigenvalue weighted by Gasteiger charge is 2.41. The number of hydrogen-bond acceptors (Lipinski definition) is 4. The van der Waals surface area contributed by atoms with Crippen LogP contribution in [0.3, 0.4) is 0 Å². The van der Waals surface area contributed by atoms with Gasteiger partial charge in [-0.15, -0.1) is 0 Å². The van der Waals surface area contributed by atoms with Gasteiger partial charge in [0.2, 0.25) is 5.91 Å². The second kappa shape index (κ2) is 6.79. The highest BCUT2D eigenvalue weighted by molar-refractivity contribution is 7.99. The minimum Gasteiger partial charge on any atom is -0.373 e. The second-order valence-electron chi connectivity index (χ2n) is 5.98. The van der Waals surface area contributed by atoms with Crippen molar-refractivity contribution >= 4 is 17.7 Å². The third kappa shape index (κ3) is 3.98. The van der Waals surface area contributed by atoms with Crippen molar-refractivity contribution in [1.29, 1.82) is 0 Å². The summed E-state index contributed by atoms with van der Waals surface area (Å²) in [5, 5.41) is 4.00. The molecule has 1 saturated carbocycles. The van der Waals surface area contributed by atoms with Crippen molar-refractivity contribution in [3.8, 4) is 0 Å². The molecule has 2 aliphatic rings. The molecule has 1 aromatic rings. The molecule has 1 aliphatic heterocycles. The Balaban J connectivity index is 1.43. The summed E-state index contributed by atoms with van der Waals surface area (Å²) in [7, 11) is 0. The van der Waals surface area contributed by atoms with Crippen LogP contribution in [-0.2, 0) is 9.53 Å². The van der Waals surface area contributed by atoms with Gasteiger partial charge in [-0.3, -0.25) is 4.79 Å². The summed E-state index contributed by atoms with van der Waals surface area (Å²) in [5.41, 5.74) is 0.0598. The first kappa shape index (κ1) is 14.9. The lowest BCUT2D eigenvalue weighted by Crippen LogP contribution is -2.38. The van der Waals surface area contributed by atoms with Gasteiger partial charge in [0.05, 0.1) is 29.0 Å². The standard InChI is InChI=1S/C16H22N2O2S/c19-14(12-21-15-6-2-5-9-17-15)18-13-10-16(20-11-13)7-3-1-4-8-16/h2,5-6,9,13H,1,3-4,7-8,10-12H2,(H,18,19). The zero-order valence-electron chi connectivity index (χ0n) is 12.2. The van der Waals surface area contributed by atoms with Crippen LogP contribution in [0.5, 0.6) is 0 Å². The molecule has 21 heavy (non-hydrogen) atoms. The first-order valence-corrected chi connectivity index (χ1v) is 8.72. The predicted octanol–water partition coefficient (Wildman–Crippen LogP) is 2.78. The quantitative estimate of drug-likeness (QED) is 0.869. The third-order valence-corrected chi connectivity index (χ3v) is 5.27. The molecular formula is C16H22N2O2S. The highest BCUT2D eigenvalue weighted by Crippen LogP contribution is 2.39. The monoisotopic (exact) mass is 306 g/mol. The Morgan fingerprint density at radius 1 is 1.38 bits per heavy atom. The molecule has 5 heteroatoms. The van der Waals surface area contributed by atoms with Crippen molar-refractivity contribution < 1.29 is 9.53 Å². The molecule has 1 amide bonds. The number of ether oxygens (including phenoxy) is 1. The van der Waals surface area contributed by atoms with Gasteiger partial charge in [-0.2, -0.15) is 0 Å². The van der Waals surface area contributed by atoms with Crippen LogP contribution >= 0.6 is 11.8 Å². The molecule has 1 aliphatic carbocycles. The van der Waals surface area contributed by atoms with Crippen molar-refractivity contribution in [2.75, 3.05) is 12.4 Å². The minimum absolute atomic E-state index is 0.0598. The number of pyridine rings is 1.